The Labute approximate surface area is 122 Å². The molecule has 0 aromatic heterocycles. The van der Waals surface area contributed by atoms with Gasteiger partial charge in [-0.2, -0.15) is 0 Å². The van der Waals surface area contributed by atoms with E-state index in [9.17, 15) is 4.39 Å². The second-order valence-corrected chi connectivity index (χ2v) is 6.03. The van der Waals surface area contributed by atoms with E-state index in [1.807, 2.05) is 31.2 Å². The molecule has 1 atom stereocenters. The van der Waals surface area contributed by atoms with E-state index in [0.29, 0.717) is 5.02 Å². The third-order valence-electron chi connectivity index (χ3n) is 2.58. The van der Waals surface area contributed by atoms with Crippen LogP contribution in [-0.4, -0.2) is 6.04 Å². The largest absolute Gasteiger partial charge is 0.328 e. The molecular formula is C15H15ClFNS. The van der Waals surface area contributed by atoms with Crippen LogP contribution in [-0.2, 0) is 6.42 Å². The van der Waals surface area contributed by atoms with Gasteiger partial charge in [0.25, 0.3) is 0 Å². The fourth-order valence-corrected chi connectivity index (χ4v) is 2.97. The minimum atomic E-state index is -0.241. The predicted octanol–water partition coefficient (Wildman–Crippen LogP) is 4.52. The number of hydrogen-bond acceptors (Lipinski definition) is 2. The second-order valence-electron chi connectivity index (χ2n) is 4.51. The van der Waals surface area contributed by atoms with E-state index >= 15 is 0 Å². The van der Waals surface area contributed by atoms with Crippen molar-refractivity contribution in [1.82, 2.24) is 0 Å². The molecule has 100 valence electrons. The van der Waals surface area contributed by atoms with Crippen LogP contribution in [0.4, 0.5) is 4.39 Å². The van der Waals surface area contributed by atoms with Gasteiger partial charge in [0.15, 0.2) is 0 Å². The Balaban J connectivity index is 2.17. The van der Waals surface area contributed by atoms with Gasteiger partial charge in [0, 0.05) is 15.8 Å². The summed E-state index contributed by atoms with van der Waals surface area (Å²) < 4.78 is 13.1. The normalized spacial score (nSPS) is 12.4. The molecule has 0 aliphatic rings. The molecule has 0 fully saturated rings. The van der Waals surface area contributed by atoms with Crippen LogP contribution in [0.15, 0.2) is 52.3 Å². The Morgan fingerprint density at radius 1 is 1.26 bits per heavy atom. The summed E-state index contributed by atoms with van der Waals surface area (Å²) in [6.07, 6.45) is 0.796. The Bertz CT molecular complexity index is 572. The van der Waals surface area contributed by atoms with Gasteiger partial charge < -0.3 is 5.73 Å². The molecule has 0 aliphatic heterocycles. The number of rotatable bonds is 4. The maximum Gasteiger partial charge on any atom is 0.124 e. The van der Waals surface area contributed by atoms with Crippen LogP contribution in [0.2, 0.25) is 5.02 Å². The zero-order chi connectivity index (χ0) is 13.8. The molecule has 2 aromatic rings. The molecule has 2 rings (SSSR count). The second kappa shape index (κ2) is 6.42. The van der Waals surface area contributed by atoms with Crippen LogP contribution in [0.1, 0.15) is 12.5 Å². The molecule has 0 saturated heterocycles. The third kappa shape index (κ3) is 4.23. The molecule has 0 saturated carbocycles. The Hall–Kier alpha value is -1.03. The molecule has 0 aliphatic carbocycles. The monoisotopic (exact) mass is 295 g/mol. The molecule has 0 spiro atoms. The van der Waals surface area contributed by atoms with Gasteiger partial charge in [-0.05, 0) is 49.2 Å². The highest BCUT2D eigenvalue weighted by molar-refractivity contribution is 7.99. The van der Waals surface area contributed by atoms with Crippen LogP contribution >= 0.6 is 23.4 Å². The zero-order valence-electron chi connectivity index (χ0n) is 10.6. The summed E-state index contributed by atoms with van der Waals surface area (Å²) in [5.41, 5.74) is 6.88. The minimum absolute atomic E-state index is 0.109. The molecule has 0 amide bonds. The summed E-state index contributed by atoms with van der Waals surface area (Å²) in [5, 5.41) is 0.674. The summed E-state index contributed by atoms with van der Waals surface area (Å²) in [7, 11) is 0. The summed E-state index contributed by atoms with van der Waals surface area (Å²) in [6.45, 7) is 1.96. The minimum Gasteiger partial charge on any atom is -0.328 e. The van der Waals surface area contributed by atoms with Crippen LogP contribution in [0.3, 0.4) is 0 Å². The van der Waals surface area contributed by atoms with E-state index in [1.165, 1.54) is 23.9 Å². The van der Waals surface area contributed by atoms with Crippen LogP contribution in [0.25, 0.3) is 0 Å². The average Bonchev–Trinajstić information content (AvgIpc) is 2.32. The number of hydrogen-bond donors (Lipinski definition) is 1. The first-order valence-corrected chi connectivity index (χ1v) is 7.21. The molecule has 0 bridgehead atoms. The van der Waals surface area contributed by atoms with E-state index < -0.39 is 0 Å². The van der Waals surface area contributed by atoms with Crippen molar-refractivity contribution in [3.05, 3.63) is 58.9 Å². The lowest BCUT2D eigenvalue weighted by Crippen LogP contribution is -2.17. The maximum atomic E-state index is 13.1. The van der Waals surface area contributed by atoms with Crippen molar-refractivity contribution in [3.8, 4) is 0 Å². The van der Waals surface area contributed by atoms with Gasteiger partial charge in [0.05, 0.1) is 5.02 Å². The van der Waals surface area contributed by atoms with E-state index in [0.717, 1.165) is 21.8 Å². The zero-order valence-corrected chi connectivity index (χ0v) is 12.1. The molecule has 19 heavy (non-hydrogen) atoms. The lowest BCUT2D eigenvalue weighted by molar-refractivity contribution is 0.624. The predicted molar refractivity (Wildman–Crippen MR) is 79.3 cm³/mol. The highest BCUT2D eigenvalue weighted by Crippen LogP contribution is 2.34. The van der Waals surface area contributed by atoms with Crippen molar-refractivity contribution in [3.63, 3.8) is 0 Å². The molecule has 1 nitrogen and oxygen atoms in total. The third-order valence-corrected chi connectivity index (χ3v) is 4.07. The molecule has 0 radical (unpaired) electrons. The molecule has 4 heteroatoms. The van der Waals surface area contributed by atoms with Gasteiger partial charge in [0.1, 0.15) is 5.82 Å². The lowest BCUT2D eigenvalue weighted by atomic mass is 10.1. The fraction of sp³-hybridized carbons (Fsp3) is 0.200. The van der Waals surface area contributed by atoms with Crippen molar-refractivity contribution in [2.75, 3.05) is 0 Å². The number of nitrogens with two attached hydrogens (primary N) is 1. The van der Waals surface area contributed by atoms with Crippen LogP contribution in [0.5, 0.6) is 0 Å². The smallest absolute Gasteiger partial charge is 0.124 e. The lowest BCUT2D eigenvalue weighted by Gasteiger charge is -2.09. The summed E-state index contributed by atoms with van der Waals surface area (Å²) in [5.74, 6) is -0.241. The first-order valence-electron chi connectivity index (χ1n) is 6.02. The average molecular weight is 296 g/mol. The first kappa shape index (κ1) is 14.4. The van der Waals surface area contributed by atoms with E-state index in [4.69, 9.17) is 17.3 Å². The molecule has 2 aromatic carbocycles. The number of halogens is 2. The van der Waals surface area contributed by atoms with E-state index in [1.54, 1.807) is 6.07 Å². The molecule has 1 unspecified atom stereocenters. The maximum absolute atomic E-state index is 13.1. The topological polar surface area (TPSA) is 26.0 Å². The Morgan fingerprint density at radius 2 is 2.05 bits per heavy atom. The number of benzene rings is 2. The van der Waals surface area contributed by atoms with Gasteiger partial charge in [-0.1, -0.05) is 35.5 Å². The summed E-state index contributed by atoms with van der Waals surface area (Å²) >= 11 is 7.70. The van der Waals surface area contributed by atoms with E-state index in [2.05, 4.69) is 0 Å². The Morgan fingerprint density at radius 3 is 2.68 bits per heavy atom. The highest BCUT2D eigenvalue weighted by Gasteiger charge is 2.06. The fourth-order valence-electron chi connectivity index (χ4n) is 1.78. The van der Waals surface area contributed by atoms with E-state index in [-0.39, 0.29) is 11.9 Å². The van der Waals surface area contributed by atoms with Gasteiger partial charge in [-0.3, -0.25) is 0 Å². The van der Waals surface area contributed by atoms with Crippen molar-refractivity contribution < 1.29 is 4.39 Å². The van der Waals surface area contributed by atoms with Gasteiger partial charge in [0.2, 0.25) is 0 Å². The van der Waals surface area contributed by atoms with Gasteiger partial charge >= 0.3 is 0 Å². The van der Waals surface area contributed by atoms with Crippen molar-refractivity contribution >= 4 is 23.4 Å². The van der Waals surface area contributed by atoms with Gasteiger partial charge in [-0.25, -0.2) is 4.39 Å². The molecule has 0 heterocycles. The van der Waals surface area contributed by atoms with Gasteiger partial charge in [-0.15, -0.1) is 0 Å². The molecular weight excluding hydrogens is 281 g/mol. The summed E-state index contributed by atoms with van der Waals surface area (Å²) in [6, 6.07) is 12.5. The quantitative estimate of drug-likeness (QED) is 0.897. The standard InChI is InChI=1S/C15H15ClFNS/c1-10(18)7-11-5-6-15(14(16)8-11)19-13-4-2-3-12(17)9-13/h2-6,8-10H,7,18H2,1H3. The van der Waals surface area contributed by atoms with Crippen LogP contribution in [0, 0.1) is 5.82 Å². The summed E-state index contributed by atoms with van der Waals surface area (Å²) in [4.78, 5) is 1.75. The SMILES string of the molecule is CC(N)Cc1ccc(Sc2cccc(F)c2)c(Cl)c1. The van der Waals surface area contributed by atoms with Crippen molar-refractivity contribution in [1.29, 1.82) is 0 Å². The highest BCUT2D eigenvalue weighted by atomic mass is 35.5. The van der Waals surface area contributed by atoms with Crippen molar-refractivity contribution in [2.24, 2.45) is 5.73 Å². The first-order chi connectivity index (χ1) is 9.04. The van der Waals surface area contributed by atoms with Crippen molar-refractivity contribution in [2.45, 2.75) is 29.2 Å². The Kier molecular flexibility index (Phi) is 4.86. The van der Waals surface area contributed by atoms with Crippen LogP contribution < -0.4 is 5.73 Å². The molecule has 2 N–H and O–H groups in total.